The predicted octanol–water partition coefficient (Wildman–Crippen LogP) is 3.17. The molecule has 0 unspecified atom stereocenters. The molecule has 0 heterocycles. The van der Waals surface area contributed by atoms with Gasteiger partial charge in [-0.05, 0) is 17.7 Å². The van der Waals surface area contributed by atoms with Gasteiger partial charge in [-0.2, -0.15) is 0 Å². The summed E-state index contributed by atoms with van der Waals surface area (Å²) in [6.07, 6.45) is 1.75. The summed E-state index contributed by atoms with van der Waals surface area (Å²) in [5.41, 5.74) is 1.30. The van der Waals surface area contributed by atoms with Gasteiger partial charge >= 0.3 is 0 Å². The van der Waals surface area contributed by atoms with Crippen LogP contribution >= 0.6 is 0 Å². The molecule has 2 rings (SSSR count). The molecule has 0 saturated heterocycles. The first-order valence-corrected chi connectivity index (χ1v) is 5.94. The number of rotatable bonds is 5. The third-order valence-corrected chi connectivity index (χ3v) is 3.03. The smallest absolute Gasteiger partial charge is 0.104 e. The average Bonchev–Trinajstić information content (AvgIpc) is 2.47. The number of nitrogens with one attached hydrogen (secondary N) is 1. The van der Waals surface area contributed by atoms with Crippen molar-refractivity contribution < 1.29 is 5.11 Å². The van der Waals surface area contributed by atoms with E-state index < -0.39 is 5.54 Å². The number of benzene rings is 2. The van der Waals surface area contributed by atoms with Gasteiger partial charge in [0.2, 0.25) is 0 Å². The molecule has 2 nitrogen and oxygen atoms in total. The summed E-state index contributed by atoms with van der Waals surface area (Å²) in [6, 6.07) is 19.6. The molecule has 0 radical (unpaired) electrons. The maximum atomic E-state index is 9.76. The van der Waals surface area contributed by atoms with E-state index in [1.807, 2.05) is 60.7 Å². The molecule has 0 aliphatic rings. The maximum Gasteiger partial charge on any atom is 0.104 e. The predicted molar refractivity (Wildman–Crippen MR) is 75.5 cm³/mol. The van der Waals surface area contributed by atoms with Gasteiger partial charge in [0, 0.05) is 5.69 Å². The summed E-state index contributed by atoms with van der Waals surface area (Å²) < 4.78 is 0. The zero-order valence-electron chi connectivity index (χ0n) is 10.2. The lowest BCUT2D eigenvalue weighted by Crippen LogP contribution is -2.36. The molecule has 2 aromatic carbocycles. The number of hydrogen-bond acceptors (Lipinski definition) is 2. The van der Waals surface area contributed by atoms with Crippen LogP contribution in [0.2, 0.25) is 0 Å². The van der Waals surface area contributed by atoms with E-state index in [1.54, 1.807) is 6.08 Å². The second-order valence-corrected chi connectivity index (χ2v) is 4.19. The summed E-state index contributed by atoms with van der Waals surface area (Å²) >= 11 is 0. The Morgan fingerprint density at radius 1 is 1.00 bits per heavy atom. The van der Waals surface area contributed by atoms with Crippen LogP contribution in [0.5, 0.6) is 0 Å². The summed E-state index contributed by atoms with van der Waals surface area (Å²) in [5, 5.41) is 13.1. The lowest BCUT2D eigenvalue weighted by atomic mass is 9.90. The topological polar surface area (TPSA) is 32.3 Å². The van der Waals surface area contributed by atoms with E-state index in [2.05, 4.69) is 11.9 Å². The molecule has 18 heavy (non-hydrogen) atoms. The standard InChI is InChI=1S/C16H17NO/c1-2-16(13-18,14-9-5-3-6-10-14)17-15-11-7-4-8-12-15/h2-12,17-18H,1,13H2/t16-/m1/s1. The first-order chi connectivity index (χ1) is 8.80. The highest BCUT2D eigenvalue weighted by Gasteiger charge is 2.27. The maximum absolute atomic E-state index is 9.76. The minimum atomic E-state index is -0.650. The Labute approximate surface area is 108 Å². The zero-order chi connectivity index (χ0) is 12.8. The number of para-hydroxylation sites is 1. The van der Waals surface area contributed by atoms with Gasteiger partial charge in [0.1, 0.15) is 5.54 Å². The van der Waals surface area contributed by atoms with Crippen LogP contribution in [0.1, 0.15) is 5.56 Å². The molecule has 0 spiro atoms. The molecule has 0 amide bonds. The molecule has 0 aromatic heterocycles. The van der Waals surface area contributed by atoms with Crippen molar-refractivity contribution in [1.29, 1.82) is 0 Å². The minimum absolute atomic E-state index is 0.0462. The first-order valence-electron chi connectivity index (χ1n) is 5.94. The second-order valence-electron chi connectivity index (χ2n) is 4.19. The second kappa shape index (κ2) is 5.52. The van der Waals surface area contributed by atoms with E-state index in [-0.39, 0.29) is 6.61 Å². The minimum Gasteiger partial charge on any atom is -0.393 e. The molecule has 2 aromatic rings. The third kappa shape index (κ3) is 2.44. The monoisotopic (exact) mass is 239 g/mol. The van der Waals surface area contributed by atoms with Gasteiger partial charge in [-0.25, -0.2) is 0 Å². The Hall–Kier alpha value is -2.06. The third-order valence-electron chi connectivity index (χ3n) is 3.03. The van der Waals surface area contributed by atoms with Crippen molar-refractivity contribution >= 4 is 5.69 Å². The largest absolute Gasteiger partial charge is 0.393 e. The quantitative estimate of drug-likeness (QED) is 0.785. The zero-order valence-corrected chi connectivity index (χ0v) is 10.2. The summed E-state index contributed by atoms with van der Waals surface area (Å²) in [6.45, 7) is 3.81. The van der Waals surface area contributed by atoms with Gasteiger partial charge < -0.3 is 10.4 Å². The highest BCUT2D eigenvalue weighted by atomic mass is 16.3. The van der Waals surface area contributed by atoms with Crippen LogP contribution in [0.25, 0.3) is 0 Å². The van der Waals surface area contributed by atoms with E-state index in [4.69, 9.17) is 0 Å². The van der Waals surface area contributed by atoms with Gasteiger partial charge in [-0.15, -0.1) is 6.58 Å². The van der Waals surface area contributed by atoms with Crippen LogP contribution in [-0.2, 0) is 5.54 Å². The van der Waals surface area contributed by atoms with Crippen LogP contribution in [0.4, 0.5) is 5.69 Å². The SMILES string of the molecule is C=C[C@](CO)(Nc1ccccc1)c1ccccc1. The van der Waals surface area contributed by atoms with Crippen molar-refractivity contribution in [2.75, 3.05) is 11.9 Å². The van der Waals surface area contributed by atoms with Crippen LogP contribution < -0.4 is 5.32 Å². The molecule has 0 fully saturated rings. The highest BCUT2D eigenvalue weighted by Crippen LogP contribution is 2.27. The van der Waals surface area contributed by atoms with E-state index >= 15 is 0 Å². The fourth-order valence-corrected chi connectivity index (χ4v) is 1.95. The average molecular weight is 239 g/mol. The van der Waals surface area contributed by atoms with Crippen molar-refractivity contribution in [3.05, 3.63) is 78.9 Å². The highest BCUT2D eigenvalue weighted by molar-refractivity contribution is 5.50. The Morgan fingerprint density at radius 3 is 2.06 bits per heavy atom. The van der Waals surface area contributed by atoms with E-state index in [9.17, 15) is 5.11 Å². The Bertz CT molecular complexity index is 495. The van der Waals surface area contributed by atoms with Crippen LogP contribution in [0.15, 0.2) is 73.3 Å². The van der Waals surface area contributed by atoms with Crippen molar-refractivity contribution in [3.8, 4) is 0 Å². The van der Waals surface area contributed by atoms with Crippen LogP contribution in [-0.4, -0.2) is 11.7 Å². The normalized spacial score (nSPS) is 13.6. The van der Waals surface area contributed by atoms with Crippen LogP contribution in [0, 0.1) is 0 Å². The van der Waals surface area contributed by atoms with Crippen molar-refractivity contribution in [1.82, 2.24) is 0 Å². The molecule has 92 valence electrons. The summed E-state index contributed by atoms with van der Waals surface area (Å²) in [4.78, 5) is 0. The Balaban J connectivity index is 2.36. The van der Waals surface area contributed by atoms with E-state index in [1.165, 1.54) is 0 Å². The number of aliphatic hydroxyl groups is 1. The van der Waals surface area contributed by atoms with Gasteiger partial charge in [-0.3, -0.25) is 0 Å². The van der Waals surface area contributed by atoms with Crippen LogP contribution in [0.3, 0.4) is 0 Å². The number of anilines is 1. The van der Waals surface area contributed by atoms with Gasteiger partial charge in [0.25, 0.3) is 0 Å². The molecule has 0 bridgehead atoms. The molecule has 2 N–H and O–H groups in total. The summed E-state index contributed by atoms with van der Waals surface area (Å²) in [5.74, 6) is 0. The van der Waals surface area contributed by atoms with Crippen molar-refractivity contribution in [3.63, 3.8) is 0 Å². The molecule has 0 saturated carbocycles. The van der Waals surface area contributed by atoms with Gasteiger partial charge in [0.05, 0.1) is 6.61 Å². The molecule has 0 aliphatic carbocycles. The molecule has 2 heteroatoms. The lowest BCUT2D eigenvalue weighted by Gasteiger charge is -2.31. The first kappa shape index (κ1) is 12.4. The van der Waals surface area contributed by atoms with Crippen molar-refractivity contribution in [2.45, 2.75) is 5.54 Å². The number of aliphatic hydroxyl groups excluding tert-OH is 1. The van der Waals surface area contributed by atoms with E-state index in [0.717, 1.165) is 11.3 Å². The summed E-state index contributed by atoms with van der Waals surface area (Å²) in [7, 11) is 0. The van der Waals surface area contributed by atoms with Gasteiger partial charge in [0.15, 0.2) is 0 Å². The van der Waals surface area contributed by atoms with E-state index in [0.29, 0.717) is 0 Å². The Morgan fingerprint density at radius 2 is 1.56 bits per heavy atom. The Kier molecular flexibility index (Phi) is 3.80. The van der Waals surface area contributed by atoms with Gasteiger partial charge in [-0.1, -0.05) is 54.6 Å². The van der Waals surface area contributed by atoms with Crippen molar-refractivity contribution in [2.24, 2.45) is 0 Å². The number of hydrogen-bond donors (Lipinski definition) is 2. The molecular formula is C16H17NO. The lowest BCUT2D eigenvalue weighted by molar-refractivity contribution is 0.241. The fraction of sp³-hybridized carbons (Fsp3) is 0.125. The molecular weight excluding hydrogens is 222 g/mol. The fourth-order valence-electron chi connectivity index (χ4n) is 1.95. The molecule has 0 aliphatic heterocycles. The molecule has 1 atom stereocenters.